The monoisotopic (exact) mass is 259 g/mol. The minimum absolute atomic E-state index is 0.0279. The Bertz CT molecular complexity index is 642. The molecule has 0 bridgehead atoms. The predicted octanol–water partition coefficient (Wildman–Crippen LogP) is 0.838. The highest BCUT2D eigenvalue weighted by molar-refractivity contribution is 5.31. The molecule has 0 N–H and O–H groups in total. The number of aryl methyl sites for hydroxylation is 1. The van der Waals surface area contributed by atoms with Crippen molar-refractivity contribution in [1.29, 1.82) is 0 Å². The maximum absolute atomic E-state index is 12.2. The quantitative estimate of drug-likeness (QED) is 0.820. The van der Waals surface area contributed by atoms with Crippen LogP contribution in [0.25, 0.3) is 0 Å². The Balaban J connectivity index is 1.96. The number of rotatable bonds is 3. The standard InChI is InChI=1S/C14H17N3O2/c1-19-9-8-17-14(18)16-7-6-11-4-2-3-5-12(11)10-13(16)15-17/h2-5H,6-10H2,1H3. The highest BCUT2D eigenvalue weighted by Crippen LogP contribution is 2.17. The molecule has 5 heteroatoms. The fraction of sp³-hybridized carbons (Fsp3) is 0.429. The second-order valence-corrected chi connectivity index (χ2v) is 4.76. The largest absolute Gasteiger partial charge is 0.383 e. The number of ether oxygens (including phenoxy) is 1. The van der Waals surface area contributed by atoms with E-state index in [1.807, 2.05) is 12.1 Å². The fourth-order valence-electron chi connectivity index (χ4n) is 2.54. The third-order valence-electron chi connectivity index (χ3n) is 3.58. The lowest BCUT2D eigenvalue weighted by Crippen LogP contribution is -2.27. The van der Waals surface area contributed by atoms with E-state index in [4.69, 9.17) is 4.74 Å². The van der Waals surface area contributed by atoms with Crippen molar-refractivity contribution in [3.63, 3.8) is 0 Å². The Labute approximate surface area is 111 Å². The first-order valence-corrected chi connectivity index (χ1v) is 6.52. The Kier molecular flexibility index (Phi) is 3.21. The number of hydrogen-bond acceptors (Lipinski definition) is 3. The summed E-state index contributed by atoms with van der Waals surface area (Å²) in [4.78, 5) is 12.2. The zero-order valence-corrected chi connectivity index (χ0v) is 11.0. The first kappa shape index (κ1) is 12.2. The van der Waals surface area contributed by atoms with Crippen LogP contribution in [0.4, 0.5) is 0 Å². The van der Waals surface area contributed by atoms with Gasteiger partial charge in [0.15, 0.2) is 0 Å². The Hall–Kier alpha value is -1.88. The Morgan fingerprint density at radius 1 is 1.32 bits per heavy atom. The van der Waals surface area contributed by atoms with Crippen LogP contribution in [-0.4, -0.2) is 28.1 Å². The topological polar surface area (TPSA) is 49.0 Å². The molecular weight excluding hydrogens is 242 g/mol. The van der Waals surface area contributed by atoms with E-state index < -0.39 is 0 Å². The molecule has 0 amide bonds. The molecule has 0 radical (unpaired) electrons. The summed E-state index contributed by atoms with van der Waals surface area (Å²) >= 11 is 0. The van der Waals surface area contributed by atoms with Gasteiger partial charge in [-0.15, -0.1) is 0 Å². The molecule has 5 nitrogen and oxygen atoms in total. The zero-order chi connectivity index (χ0) is 13.2. The lowest BCUT2D eigenvalue weighted by molar-refractivity contribution is 0.182. The molecule has 0 saturated heterocycles. The van der Waals surface area contributed by atoms with Crippen molar-refractivity contribution in [2.75, 3.05) is 13.7 Å². The van der Waals surface area contributed by atoms with Gasteiger partial charge in [-0.05, 0) is 17.5 Å². The smallest absolute Gasteiger partial charge is 0.346 e. The molecule has 1 aromatic carbocycles. The molecule has 0 saturated carbocycles. The van der Waals surface area contributed by atoms with E-state index in [0.29, 0.717) is 19.7 Å². The van der Waals surface area contributed by atoms with E-state index in [-0.39, 0.29) is 5.69 Å². The highest BCUT2D eigenvalue weighted by atomic mass is 16.5. The van der Waals surface area contributed by atoms with Crippen LogP contribution in [0.3, 0.4) is 0 Å². The van der Waals surface area contributed by atoms with E-state index in [1.54, 1.807) is 11.7 Å². The van der Waals surface area contributed by atoms with Gasteiger partial charge in [0.2, 0.25) is 0 Å². The van der Waals surface area contributed by atoms with Crippen molar-refractivity contribution in [1.82, 2.24) is 14.3 Å². The van der Waals surface area contributed by atoms with Crippen LogP contribution >= 0.6 is 0 Å². The average Bonchev–Trinajstić information content (AvgIpc) is 2.61. The molecule has 1 aliphatic rings. The van der Waals surface area contributed by atoms with Gasteiger partial charge in [0.25, 0.3) is 0 Å². The fourth-order valence-corrected chi connectivity index (χ4v) is 2.54. The predicted molar refractivity (Wildman–Crippen MR) is 71.3 cm³/mol. The van der Waals surface area contributed by atoms with Gasteiger partial charge in [0.05, 0.1) is 13.2 Å². The summed E-state index contributed by atoms with van der Waals surface area (Å²) in [6.07, 6.45) is 1.62. The van der Waals surface area contributed by atoms with Crippen LogP contribution in [0, 0.1) is 0 Å². The van der Waals surface area contributed by atoms with Crippen LogP contribution in [0.5, 0.6) is 0 Å². The van der Waals surface area contributed by atoms with Gasteiger partial charge in [0, 0.05) is 20.1 Å². The van der Waals surface area contributed by atoms with Crippen LogP contribution in [-0.2, 0) is 30.7 Å². The van der Waals surface area contributed by atoms with Crippen molar-refractivity contribution >= 4 is 0 Å². The average molecular weight is 259 g/mol. The third-order valence-corrected chi connectivity index (χ3v) is 3.58. The SMILES string of the molecule is COCCn1nc2n(c1=O)CCc1ccccc1C2. The lowest BCUT2D eigenvalue weighted by atomic mass is 10.0. The van der Waals surface area contributed by atoms with Crippen LogP contribution in [0.15, 0.2) is 29.1 Å². The minimum atomic E-state index is -0.0279. The van der Waals surface area contributed by atoms with Gasteiger partial charge >= 0.3 is 5.69 Å². The molecule has 0 spiro atoms. The van der Waals surface area contributed by atoms with Crippen LogP contribution < -0.4 is 5.69 Å². The first-order valence-electron chi connectivity index (χ1n) is 6.52. The molecule has 1 aliphatic heterocycles. The maximum atomic E-state index is 12.2. The van der Waals surface area contributed by atoms with Gasteiger partial charge in [-0.2, -0.15) is 5.10 Å². The summed E-state index contributed by atoms with van der Waals surface area (Å²) in [5, 5.41) is 4.43. The van der Waals surface area contributed by atoms with Crippen molar-refractivity contribution < 1.29 is 4.74 Å². The molecule has 3 rings (SSSR count). The van der Waals surface area contributed by atoms with Gasteiger partial charge in [-0.1, -0.05) is 24.3 Å². The van der Waals surface area contributed by atoms with Gasteiger partial charge in [0.1, 0.15) is 5.82 Å². The molecule has 2 aromatic rings. The van der Waals surface area contributed by atoms with Crippen molar-refractivity contribution in [2.24, 2.45) is 0 Å². The van der Waals surface area contributed by atoms with Crippen molar-refractivity contribution in [2.45, 2.75) is 25.9 Å². The van der Waals surface area contributed by atoms with E-state index in [0.717, 1.165) is 18.7 Å². The molecule has 0 fully saturated rings. The molecule has 100 valence electrons. The van der Waals surface area contributed by atoms with Crippen molar-refractivity contribution in [3.05, 3.63) is 51.7 Å². The molecule has 0 unspecified atom stereocenters. The van der Waals surface area contributed by atoms with Crippen LogP contribution in [0.2, 0.25) is 0 Å². The second kappa shape index (κ2) is 5.01. The van der Waals surface area contributed by atoms with Gasteiger partial charge < -0.3 is 4.74 Å². The number of nitrogens with zero attached hydrogens (tertiary/aromatic N) is 3. The number of benzene rings is 1. The lowest BCUT2D eigenvalue weighted by Gasteiger charge is -2.03. The Morgan fingerprint density at radius 3 is 2.89 bits per heavy atom. The maximum Gasteiger partial charge on any atom is 0.346 e. The summed E-state index contributed by atoms with van der Waals surface area (Å²) in [7, 11) is 1.63. The van der Waals surface area contributed by atoms with Crippen molar-refractivity contribution in [3.8, 4) is 0 Å². The minimum Gasteiger partial charge on any atom is -0.383 e. The van der Waals surface area contributed by atoms with E-state index in [9.17, 15) is 4.79 Å². The molecule has 2 heterocycles. The first-order chi connectivity index (χ1) is 9.29. The van der Waals surface area contributed by atoms with E-state index >= 15 is 0 Å². The summed E-state index contributed by atoms with van der Waals surface area (Å²) in [6, 6.07) is 8.33. The van der Waals surface area contributed by atoms with Crippen LogP contribution in [0.1, 0.15) is 17.0 Å². The highest BCUT2D eigenvalue weighted by Gasteiger charge is 2.18. The number of aromatic nitrogens is 3. The Morgan fingerprint density at radius 2 is 2.11 bits per heavy atom. The summed E-state index contributed by atoms with van der Waals surface area (Å²) in [6.45, 7) is 1.72. The molecule has 0 atom stereocenters. The third kappa shape index (κ3) is 2.21. The summed E-state index contributed by atoms with van der Waals surface area (Å²) in [5.74, 6) is 0.853. The van der Waals surface area contributed by atoms with Gasteiger partial charge in [-0.3, -0.25) is 4.57 Å². The number of fused-ring (bicyclic) bond motifs is 2. The zero-order valence-electron chi connectivity index (χ0n) is 11.0. The second-order valence-electron chi connectivity index (χ2n) is 4.76. The molecule has 0 aliphatic carbocycles. The van der Waals surface area contributed by atoms with Gasteiger partial charge in [-0.25, -0.2) is 9.48 Å². The summed E-state index contributed by atoms with van der Waals surface area (Å²) in [5.41, 5.74) is 2.56. The van der Waals surface area contributed by atoms with E-state index in [1.165, 1.54) is 15.8 Å². The molecule has 19 heavy (non-hydrogen) atoms. The summed E-state index contributed by atoms with van der Waals surface area (Å²) < 4.78 is 8.30. The molecular formula is C14H17N3O2. The molecule has 1 aromatic heterocycles. The number of hydrogen-bond donors (Lipinski definition) is 0. The normalized spacial score (nSPS) is 13.7. The number of methoxy groups -OCH3 is 1. The van der Waals surface area contributed by atoms with E-state index in [2.05, 4.69) is 17.2 Å².